The van der Waals surface area contributed by atoms with Crippen molar-refractivity contribution in [2.45, 2.75) is 31.8 Å². The minimum absolute atomic E-state index is 0.0654. The molecule has 0 heterocycles. The molecule has 1 aromatic carbocycles. The molecule has 96 valence electrons. The van der Waals surface area contributed by atoms with Gasteiger partial charge >= 0.3 is 0 Å². The number of hydrogen-bond donors (Lipinski definition) is 2. The van der Waals surface area contributed by atoms with Gasteiger partial charge in [-0.25, -0.2) is 0 Å². The van der Waals surface area contributed by atoms with Crippen molar-refractivity contribution in [3.8, 4) is 0 Å². The number of nitrogens with zero attached hydrogens (tertiary/aromatic N) is 1. The van der Waals surface area contributed by atoms with Crippen LogP contribution in [-0.4, -0.2) is 16.4 Å². The topological polar surface area (TPSA) is 98.3 Å². The van der Waals surface area contributed by atoms with E-state index in [-0.39, 0.29) is 18.1 Å². The van der Waals surface area contributed by atoms with E-state index in [1.807, 2.05) is 0 Å². The van der Waals surface area contributed by atoms with Crippen LogP contribution in [0.15, 0.2) is 18.2 Å². The standard InChI is InChI=1S/C12H15N3O3/c1-8-9(3-2-4-10(8)15(17)18)7-14-11(16)12(13)5-6-12/h2-4H,5-7,13H2,1H3,(H,14,16). The van der Waals surface area contributed by atoms with Gasteiger partial charge in [0.25, 0.3) is 5.69 Å². The van der Waals surface area contributed by atoms with Gasteiger partial charge in [0.1, 0.15) is 0 Å². The van der Waals surface area contributed by atoms with E-state index in [1.54, 1.807) is 19.1 Å². The molecule has 2 rings (SSSR count). The Hall–Kier alpha value is -1.95. The molecule has 0 atom stereocenters. The average Bonchev–Trinajstić information content (AvgIpc) is 3.06. The van der Waals surface area contributed by atoms with Crippen molar-refractivity contribution in [2.24, 2.45) is 5.73 Å². The molecule has 1 amide bonds. The Morgan fingerprint density at radius 1 is 1.56 bits per heavy atom. The van der Waals surface area contributed by atoms with Crippen LogP contribution in [0.4, 0.5) is 5.69 Å². The number of nitro groups is 1. The summed E-state index contributed by atoms with van der Waals surface area (Å²) < 4.78 is 0. The van der Waals surface area contributed by atoms with Gasteiger partial charge in [0.05, 0.1) is 10.5 Å². The highest BCUT2D eigenvalue weighted by Gasteiger charge is 2.45. The number of hydrogen-bond acceptors (Lipinski definition) is 4. The molecule has 18 heavy (non-hydrogen) atoms. The van der Waals surface area contributed by atoms with Crippen molar-refractivity contribution >= 4 is 11.6 Å². The van der Waals surface area contributed by atoms with Crippen molar-refractivity contribution < 1.29 is 9.72 Å². The molecule has 0 aliphatic heterocycles. The van der Waals surface area contributed by atoms with Crippen molar-refractivity contribution in [3.05, 3.63) is 39.4 Å². The largest absolute Gasteiger partial charge is 0.350 e. The quantitative estimate of drug-likeness (QED) is 0.614. The Morgan fingerprint density at radius 3 is 2.78 bits per heavy atom. The molecule has 6 heteroatoms. The monoisotopic (exact) mass is 249 g/mol. The van der Waals surface area contributed by atoms with E-state index < -0.39 is 10.5 Å². The highest BCUT2D eigenvalue weighted by atomic mass is 16.6. The van der Waals surface area contributed by atoms with Crippen molar-refractivity contribution in [1.82, 2.24) is 5.32 Å². The summed E-state index contributed by atoms with van der Waals surface area (Å²) in [5.41, 5.74) is 6.41. The maximum absolute atomic E-state index is 11.7. The van der Waals surface area contributed by atoms with Crippen molar-refractivity contribution in [3.63, 3.8) is 0 Å². The molecule has 0 unspecified atom stereocenters. The molecular weight excluding hydrogens is 234 g/mol. The Morgan fingerprint density at radius 2 is 2.22 bits per heavy atom. The molecule has 1 fully saturated rings. The fourth-order valence-electron chi connectivity index (χ4n) is 1.77. The number of nitrogens with two attached hydrogens (primary N) is 1. The SMILES string of the molecule is Cc1c(CNC(=O)C2(N)CC2)cccc1[N+](=O)[O-]. The molecule has 0 aromatic heterocycles. The van der Waals surface area contributed by atoms with Gasteiger partial charge in [-0.15, -0.1) is 0 Å². The molecule has 0 saturated heterocycles. The zero-order valence-electron chi connectivity index (χ0n) is 10.1. The van der Waals surface area contributed by atoms with Crippen molar-refractivity contribution in [1.29, 1.82) is 0 Å². The van der Waals surface area contributed by atoms with E-state index in [0.29, 0.717) is 18.4 Å². The summed E-state index contributed by atoms with van der Waals surface area (Å²) in [6.07, 6.45) is 1.40. The fourth-order valence-corrected chi connectivity index (χ4v) is 1.77. The van der Waals surface area contributed by atoms with Gasteiger partial charge < -0.3 is 11.1 Å². The van der Waals surface area contributed by atoms with Crippen LogP contribution in [0.1, 0.15) is 24.0 Å². The Kier molecular flexibility index (Phi) is 3.04. The highest BCUT2D eigenvalue weighted by Crippen LogP contribution is 2.32. The lowest BCUT2D eigenvalue weighted by molar-refractivity contribution is -0.385. The van der Waals surface area contributed by atoms with Crippen LogP contribution in [0.2, 0.25) is 0 Å². The van der Waals surface area contributed by atoms with E-state index in [1.165, 1.54) is 6.07 Å². The van der Waals surface area contributed by atoms with Gasteiger partial charge in [0, 0.05) is 18.2 Å². The summed E-state index contributed by atoms with van der Waals surface area (Å²) in [6.45, 7) is 1.94. The van der Waals surface area contributed by atoms with Crippen LogP contribution in [-0.2, 0) is 11.3 Å². The lowest BCUT2D eigenvalue weighted by Crippen LogP contribution is -2.42. The average molecular weight is 249 g/mol. The summed E-state index contributed by atoms with van der Waals surface area (Å²) in [5.74, 6) is -0.187. The van der Waals surface area contributed by atoms with Gasteiger partial charge in [0.15, 0.2) is 0 Å². The molecule has 3 N–H and O–H groups in total. The zero-order chi connectivity index (χ0) is 13.3. The van der Waals surface area contributed by atoms with Crippen LogP contribution in [0.25, 0.3) is 0 Å². The number of carbonyl (C=O) groups is 1. The number of amides is 1. The van der Waals surface area contributed by atoms with Crippen molar-refractivity contribution in [2.75, 3.05) is 0 Å². The Balaban J connectivity index is 2.08. The van der Waals surface area contributed by atoms with Crippen LogP contribution < -0.4 is 11.1 Å². The van der Waals surface area contributed by atoms with E-state index in [4.69, 9.17) is 5.73 Å². The molecule has 1 aliphatic rings. The van der Waals surface area contributed by atoms with Crippen LogP contribution >= 0.6 is 0 Å². The predicted octanol–water partition coefficient (Wildman–Crippen LogP) is 1.01. The lowest BCUT2D eigenvalue weighted by atomic mass is 10.1. The number of carbonyl (C=O) groups excluding carboxylic acids is 1. The van der Waals surface area contributed by atoms with Gasteiger partial charge in [0.2, 0.25) is 5.91 Å². The maximum atomic E-state index is 11.7. The smallest absolute Gasteiger partial charge is 0.272 e. The third kappa shape index (κ3) is 2.33. The summed E-state index contributed by atoms with van der Waals surface area (Å²) >= 11 is 0. The predicted molar refractivity (Wildman–Crippen MR) is 65.8 cm³/mol. The molecule has 0 bridgehead atoms. The number of benzene rings is 1. The van der Waals surface area contributed by atoms with Gasteiger partial charge in [-0.3, -0.25) is 14.9 Å². The van der Waals surface area contributed by atoms with E-state index >= 15 is 0 Å². The highest BCUT2D eigenvalue weighted by molar-refractivity contribution is 5.88. The summed E-state index contributed by atoms with van der Waals surface area (Å²) in [6, 6.07) is 4.83. The first-order chi connectivity index (χ1) is 8.44. The van der Waals surface area contributed by atoms with E-state index in [9.17, 15) is 14.9 Å². The van der Waals surface area contributed by atoms with Gasteiger partial charge in [-0.05, 0) is 25.3 Å². The summed E-state index contributed by atoms with van der Waals surface area (Å²) in [4.78, 5) is 22.0. The number of nitro benzene ring substituents is 1. The van der Waals surface area contributed by atoms with Crippen LogP contribution in [0.3, 0.4) is 0 Å². The molecule has 1 saturated carbocycles. The van der Waals surface area contributed by atoms with E-state index in [0.717, 1.165) is 5.56 Å². The third-order valence-electron chi connectivity index (χ3n) is 3.29. The first kappa shape index (κ1) is 12.5. The fraction of sp³-hybridized carbons (Fsp3) is 0.417. The first-order valence-corrected chi connectivity index (χ1v) is 5.74. The molecule has 0 radical (unpaired) electrons. The lowest BCUT2D eigenvalue weighted by Gasteiger charge is -2.11. The van der Waals surface area contributed by atoms with E-state index in [2.05, 4.69) is 5.32 Å². The number of nitrogens with one attached hydrogen (secondary N) is 1. The molecular formula is C12H15N3O3. The van der Waals surface area contributed by atoms with Gasteiger partial charge in [-0.2, -0.15) is 0 Å². The summed E-state index contributed by atoms with van der Waals surface area (Å²) in [7, 11) is 0. The molecule has 0 spiro atoms. The molecule has 6 nitrogen and oxygen atoms in total. The normalized spacial score (nSPS) is 16.1. The second-order valence-electron chi connectivity index (χ2n) is 4.66. The third-order valence-corrected chi connectivity index (χ3v) is 3.29. The second-order valence-corrected chi connectivity index (χ2v) is 4.66. The number of rotatable bonds is 4. The first-order valence-electron chi connectivity index (χ1n) is 5.74. The molecule has 1 aliphatic carbocycles. The minimum Gasteiger partial charge on any atom is -0.350 e. The minimum atomic E-state index is -0.714. The molecule has 1 aromatic rings. The maximum Gasteiger partial charge on any atom is 0.272 e. The van der Waals surface area contributed by atoms with Crippen LogP contribution in [0, 0.1) is 17.0 Å². The van der Waals surface area contributed by atoms with Crippen LogP contribution in [0.5, 0.6) is 0 Å². The summed E-state index contributed by atoms with van der Waals surface area (Å²) in [5, 5.41) is 13.5. The second kappa shape index (κ2) is 4.38. The van der Waals surface area contributed by atoms with Gasteiger partial charge in [-0.1, -0.05) is 12.1 Å². The Labute approximate surface area is 104 Å². The Bertz CT molecular complexity index is 509. The zero-order valence-corrected chi connectivity index (χ0v) is 10.1.